The number of hydrogen-bond donors (Lipinski definition) is 3. The van der Waals surface area contributed by atoms with Crippen molar-refractivity contribution in [2.45, 2.75) is 52.6 Å². The third-order valence-electron chi connectivity index (χ3n) is 5.16. The quantitative estimate of drug-likeness (QED) is 0.296. The van der Waals surface area contributed by atoms with Gasteiger partial charge in [0.1, 0.15) is 17.1 Å². The van der Waals surface area contributed by atoms with Crippen LogP contribution in [0.2, 0.25) is 0 Å². The Balaban J connectivity index is 0.00000364. The van der Waals surface area contributed by atoms with Crippen LogP contribution in [0.1, 0.15) is 51.6 Å². The average Bonchev–Trinajstić information content (AvgIpc) is 3.08. The molecule has 1 fully saturated rings. The van der Waals surface area contributed by atoms with Crippen molar-refractivity contribution in [1.82, 2.24) is 15.5 Å². The van der Waals surface area contributed by atoms with Crippen LogP contribution in [0, 0.1) is 12.8 Å². The topological polar surface area (TPSA) is 73.0 Å². The summed E-state index contributed by atoms with van der Waals surface area (Å²) in [5, 5.41) is 17.3. The summed E-state index contributed by atoms with van der Waals surface area (Å²) < 4.78 is 5.55. The summed E-state index contributed by atoms with van der Waals surface area (Å²) in [6.45, 7) is 13.5. The van der Waals surface area contributed by atoms with Crippen LogP contribution in [0.3, 0.4) is 0 Å². The van der Waals surface area contributed by atoms with Gasteiger partial charge < -0.3 is 25.1 Å². The van der Waals surface area contributed by atoms with Gasteiger partial charge in [-0.3, -0.25) is 0 Å². The largest absolute Gasteiger partial charge is 0.463 e. The maximum absolute atomic E-state index is 10.6. The Morgan fingerprint density at radius 3 is 2.56 bits per heavy atom. The first-order chi connectivity index (χ1) is 12.4. The van der Waals surface area contributed by atoms with Crippen molar-refractivity contribution < 1.29 is 9.52 Å². The lowest BCUT2D eigenvalue weighted by atomic mass is 9.93. The fourth-order valence-electron chi connectivity index (χ4n) is 3.36. The highest BCUT2D eigenvalue weighted by Gasteiger charge is 2.26. The van der Waals surface area contributed by atoms with Gasteiger partial charge in [0.25, 0.3) is 0 Å². The molecule has 1 aromatic rings. The van der Waals surface area contributed by atoms with Crippen LogP contribution in [-0.2, 0) is 5.60 Å². The van der Waals surface area contributed by atoms with Gasteiger partial charge in [0.2, 0.25) is 0 Å². The molecule has 0 bridgehead atoms. The molecule has 27 heavy (non-hydrogen) atoms. The van der Waals surface area contributed by atoms with E-state index in [0.29, 0.717) is 5.76 Å². The first-order valence-electron chi connectivity index (χ1n) is 9.98. The number of nitrogens with zero attached hydrogens (tertiary/aromatic N) is 2. The van der Waals surface area contributed by atoms with E-state index in [-0.39, 0.29) is 30.5 Å². The summed E-state index contributed by atoms with van der Waals surface area (Å²) in [6.07, 6.45) is 3.74. The third kappa shape index (κ3) is 7.99. The Morgan fingerprint density at radius 2 is 2.00 bits per heavy atom. The average molecular weight is 492 g/mol. The molecule has 1 atom stereocenters. The van der Waals surface area contributed by atoms with Gasteiger partial charge >= 0.3 is 0 Å². The molecular formula is C20H37IN4O2. The maximum atomic E-state index is 10.6. The van der Waals surface area contributed by atoms with E-state index >= 15 is 0 Å². The Labute approximate surface area is 181 Å². The number of rotatable bonds is 8. The van der Waals surface area contributed by atoms with Gasteiger partial charge in [0.15, 0.2) is 5.96 Å². The van der Waals surface area contributed by atoms with Crippen LogP contribution in [0.4, 0.5) is 0 Å². The highest BCUT2D eigenvalue weighted by Crippen LogP contribution is 2.23. The lowest BCUT2D eigenvalue weighted by Crippen LogP contribution is -2.40. The van der Waals surface area contributed by atoms with E-state index in [2.05, 4.69) is 27.4 Å². The first-order valence-corrected chi connectivity index (χ1v) is 9.98. The molecule has 3 N–H and O–H groups in total. The normalized spacial score (nSPS) is 18.6. The number of aliphatic imine (C=N–C) groups is 1. The summed E-state index contributed by atoms with van der Waals surface area (Å²) >= 11 is 0. The van der Waals surface area contributed by atoms with Crippen molar-refractivity contribution in [3.63, 3.8) is 0 Å². The number of halogens is 1. The molecule has 0 aromatic carbocycles. The molecule has 156 valence electrons. The highest BCUT2D eigenvalue weighted by atomic mass is 127. The van der Waals surface area contributed by atoms with Crippen molar-refractivity contribution in [3.05, 3.63) is 23.7 Å². The minimum atomic E-state index is -1.11. The van der Waals surface area contributed by atoms with Crippen LogP contribution in [0.25, 0.3) is 0 Å². The number of aryl methyl sites for hydroxylation is 1. The zero-order valence-electron chi connectivity index (χ0n) is 17.3. The molecule has 1 saturated heterocycles. The van der Waals surface area contributed by atoms with Gasteiger partial charge in [-0.2, -0.15) is 0 Å². The van der Waals surface area contributed by atoms with E-state index in [1.165, 1.54) is 25.9 Å². The molecule has 0 spiro atoms. The molecule has 1 unspecified atom stereocenters. The van der Waals surface area contributed by atoms with Crippen LogP contribution in [0.15, 0.2) is 21.5 Å². The molecular weight excluding hydrogens is 455 g/mol. The fraction of sp³-hybridized carbons (Fsp3) is 0.750. The second kappa shape index (κ2) is 11.9. The zero-order chi connectivity index (χ0) is 19.0. The Hall–Kier alpha value is -0.800. The van der Waals surface area contributed by atoms with E-state index in [9.17, 15) is 5.11 Å². The molecule has 6 nitrogen and oxygen atoms in total. The Morgan fingerprint density at radius 1 is 1.30 bits per heavy atom. The van der Waals surface area contributed by atoms with Crippen LogP contribution in [0.5, 0.6) is 0 Å². The Bertz CT molecular complexity index is 566. The molecule has 2 rings (SSSR count). The van der Waals surface area contributed by atoms with Crippen LogP contribution in [-0.4, -0.2) is 55.2 Å². The van der Waals surface area contributed by atoms with Crippen LogP contribution < -0.4 is 10.6 Å². The predicted molar refractivity (Wildman–Crippen MR) is 122 cm³/mol. The minimum Gasteiger partial charge on any atom is -0.463 e. The van der Waals surface area contributed by atoms with Gasteiger partial charge in [-0.05, 0) is 77.7 Å². The van der Waals surface area contributed by atoms with Crippen LogP contribution >= 0.6 is 24.0 Å². The van der Waals surface area contributed by atoms with Gasteiger partial charge in [0.05, 0.1) is 6.54 Å². The van der Waals surface area contributed by atoms with Gasteiger partial charge in [-0.1, -0.05) is 6.92 Å². The molecule has 0 saturated carbocycles. The van der Waals surface area contributed by atoms with Crippen molar-refractivity contribution in [1.29, 1.82) is 0 Å². The molecule has 1 aliphatic rings. The maximum Gasteiger partial charge on any atom is 0.191 e. The van der Waals surface area contributed by atoms with Gasteiger partial charge in [0, 0.05) is 13.1 Å². The van der Waals surface area contributed by atoms with E-state index in [4.69, 9.17) is 4.42 Å². The van der Waals surface area contributed by atoms with Gasteiger partial charge in [-0.25, -0.2) is 4.99 Å². The van der Waals surface area contributed by atoms with Crippen molar-refractivity contribution in [3.8, 4) is 0 Å². The van der Waals surface area contributed by atoms with Crippen molar-refractivity contribution in [2.75, 3.05) is 39.3 Å². The minimum absolute atomic E-state index is 0. The highest BCUT2D eigenvalue weighted by molar-refractivity contribution is 14.0. The standard InChI is InChI=1S/C20H36N4O2.HI/c1-5-21-19(22-12-9-17-10-13-24(6-2)14-11-17)23-15-20(4,25)18-8-7-16(3)26-18;/h7-8,17,25H,5-6,9-15H2,1-4H3,(H2,21,22,23);1H. The van der Waals surface area contributed by atoms with Crippen molar-refractivity contribution >= 4 is 29.9 Å². The monoisotopic (exact) mass is 492 g/mol. The summed E-state index contributed by atoms with van der Waals surface area (Å²) in [5.74, 6) is 2.89. The number of aliphatic hydroxyl groups is 1. The second-order valence-corrected chi connectivity index (χ2v) is 7.47. The summed E-state index contributed by atoms with van der Waals surface area (Å²) in [5.41, 5.74) is -1.11. The van der Waals surface area contributed by atoms with Crippen molar-refractivity contribution in [2.24, 2.45) is 10.9 Å². The predicted octanol–water partition coefficient (Wildman–Crippen LogP) is 3.09. The second-order valence-electron chi connectivity index (χ2n) is 7.47. The summed E-state index contributed by atoms with van der Waals surface area (Å²) in [7, 11) is 0. The van der Waals surface area contributed by atoms with E-state index in [1.807, 2.05) is 26.0 Å². The first kappa shape index (κ1) is 24.2. The van der Waals surface area contributed by atoms with E-state index < -0.39 is 5.60 Å². The van der Waals surface area contributed by atoms with E-state index in [0.717, 1.165) is 43.7 Å². The number of nitrogens with one attached hydrogen (secondary N) is 2. The number of guanidine groups is 1. The molecule has 0 amide bonds. The van der Waals surface area contributed by atoms with Gasteiger partial charge in [-0.15, -0.1) is 24.0 Å². The number of furan rings is 1. The molecule has 0 radical (unpaired) electrons. The number of likely N-dealkylation sites (tertiary alicyclic amines) is 1. The smallest absolute Gasteiger partial charge is 0.191 e. The summed E-state index contributed by atoms with van der Waals surface area (Å²) in [6, 6.07) is 3.68. The molecule has 1 aromatic heterocycles. The number of hydrogen-bond acceptors (Lipinski definition) is 4. The Kier molecular flexibility index (Phi) is 10.7. The molecule has 2 heterocycles. The number of piperidine rings is 1. The molecule has 7 heteroatoms. The SMILES string of the molecule is CCNC(=NCC(C)(O)c1ccc(C)o1)NCCC1CCN(CC)CC1.I. The lowest BCUT2D eigenvalue weighted by molar-refractivity contribution is 0.0428. The van der Waals surface area contributed by atoms with E-state index in [1.54, 1.807) is 6.92 Å². The fourth-order valence-corrected chi connectivity index (χ4v) is 3.36. The molecule has 1 aliphatic heterocycles. The lowest BCUT2D eigenvalue weighted by Gasteiger charge is -2.31. The third-order valence-corrected chi connectivity index (χ3v) is 5.16. The zero-order valence-corrected chi connectivity index (χ0v) is 19.6. The molecule has 0 aliphatic carbocycles. The summed E-state index contributed by atoms with van der Waals surface area (Å²) in [4.78, 5) is 7.08.